The number of halogens is 1. The second kappa shape index (κ2) is 5.44. The summed E-state index contributed by atoms with van der Waals surface area (Å²) >= 11 is 0. The maximum atomic E-state index is 13.0. The van der Waals surface area contributed by atoms with Crippen molar-refractivity contribution in [3.8, 4) is 0 Å². The molecular weight excluding hydrogens is 231 g/mol. The Kier molecular flexibility index (Phi) is 3.72. The summed E-state index contributed by atoms with van der Waals surface area (Å²) in [4.78, 5) is 8.38. The fraction of sp³-hybridized carbons (Fsp3) is 0.231. The van der Waals surface area contributed by atoms with Gasteiger partial charge in [-0.05, 0) is 17.7 Å². The molecule has 1 aromatic heterocycles. The maximum absolute atomic E-state index is 13.0. The highest BCUT2D eigenvalue weighted by Crippen LogP contribution is 2.11. The summed E-state index contributed by atoms with van der Waals surface area (Å²) in [5.41, 5.74) is 6.53. The van der Waals surface area contributed by atoms with E-state index < -0.39 is 0 Å². The molecular formula is C13H15FN4. The van der Waals surface area contributed by atoms with Gasteiger partial charge in [0, 0.05) is 19.0 Å². The van der Waals surface area contributed by atoms with E-state index in [1.165, 1.54) is 12.1 Å². The molecule has 0 spiro atoms. The van der Waals surface area contributed by atoms with Gasteiger partial charge >= 0.3 is 0 Å². The predicted octanol–water partition coefficient (Wildman–Crippen LogP) is 2.37. The third kappa shape index (κ3) is 3.16. The van der Waals surface area contributed by atoms with Crippen LogP contribution in [0.3, 0.4) is 0 Å². The van der Waals surface area contributed by atoms with E-state index >= 15 is 0 Å². The normalized spacial score (nSPS) is 10.3. The third-order valence-corrected chi connectivity index (χ3v) is 2.47. The smallest absolute Gasteiger partial charge is 0.132 e. The van der Waals surface area contributed by atoms with Crippen molar-refractivity contribution in [3.05, 3.63) is 47.5 Å². The van der Waals surface area contributed by atoms with Gasteiger partial charge in [-0.2, -0.15) is 0 Å². The molecule has 2 rings (SSSR count). The van der Waals surface area contributed by atoms with Crippen LogP contribution in [0.2, 0.25) is 0 Å². The molecule has 94 valence electrons. The summed E-state index contributed by atoms with van der Waals surface area (Å²) in [6.45, 7) is 2.46. The van der Waals surface area contributed by atoms with Crippen molar-refractivity contribution in [1.29, 1.82) is 0 Å². The van der Waals surface area contributed by atoms with Crippen molar-refractivity contribution in [2.45, 2.75) is 19.9 Å². The van der Waals surface area contributed by atoms with Gasteiger partial charge < -0.3 is 11.1 Å². The molecule has 1 heterocycles. The minimum atomic E-state index is -0.245. The lowest BCUT2D eigenvalue weighted by molar-refractivity contribution is 0.626. The number of hydrogen-bond donors (Lipinski definition) is 2. The molecule has 18 heavy (non-hydrogen) atoms. The molecule has 0 aliphatic heterocycles. The van der Waals surface area contributed by atoms with Gasteiger partial charge in [0.25, 0.3) is 0 Å². The van der Waals surface area contributed by atoms with Crippen LogP contribution < -0.4 is 11.1 Å². The number of nitrogens with one attached hydrogen (secondary N) is 1. The Morgan fingerprint density at radius 3 is 2.83 bits per heavy atom. The third-order valence-electron chi connectivity index (χ3n) is 2.47. The zero-order valence-corrected chi connectivity index (χ0v) is 10.2. The maximum Gasteiger partial charge on any atom is 0.132 e. The molecule has 0 saturated heterocycles. The highest BCUT2D eigenvalue weighted by atomic mass is 19.1. The number of aromatic nitrogens is 2. The van der Waals surface area contributed by atoms with E-state index in [-0.39, 0.29) is 5.82 Å². The van der Waals surface area contributed by atoms with Gasteiger partial charge in [-0.15, -0.1) is 0 Å². The monoisotopic (exact) mass is 246 g/mol. The highest BCUT2D eigenvalue weighted by Gasteiger charge is 2.01. The van der Waals surface area contributed by atoms with Crippen molar-refractivity contribution in [2.24, 2.45) is 0 Å². The number of nitrogens with two attached hydrogens (primary N) is 1. The summed E-state index contributed by atoms with van der Waals surface area (Å²) in [6, 6.07) is 8.09. The van der Waals surface area contributed by atoms with Gasteiger partial charge in [-0.1, -0.05) is 19.1 Å². The summed E-state index contributed by atoms with van der Waals surface area (Å²) in [5.74, 6) is 1.54. The molecule has 2 aromatic rings. The molecule has 1 aromatic carbocycles. The van der Waals surface area contributed by atoms with E-state index in [1.54, 1.807) is 12.1 Å². The van der Waals surface area contributed by atoms with Crippen LogP contribution in [-0.4, -0.2) is 9.97 Å². The average molecular weight is 246 g/mol. The van der Waals surface area contributed by atoms with Crippen LogP contribution in [0.25, 0.3) is 0 Å². The quantitative estimate of drug-likeness (QED) is 0.869. The summed E-state index contributed by atoms with van der Waals surface area (Å²) in [6.07, 6.45) is 0.722. The van der Waals surface area contributed by atoms with Crippen molar-refractivity contribution in [3.63, 3.8) is 0 Å². The van der Waals surface area contributed by atoms with Crippen LogP contribution in [0.1, 0.15) is 18.3 Å². The molecule has 0 atom stereocenters. The summed E-state index contributed by atoms with van der Waals surface area (Å²) < 4.78 is 13.0. The molecule has 3 N–H and O–H groups in total. The van der Waals surface area contributed by atoms with Crippen LogP contribution in [0.4, 0.5) is 16.0 Å². The minimum Gasteiger partial charge on any atom is -0.384 e. The molecule has 0 saturated carbocycles. The summed E-state index contributed by atoms with van der Waals surface area (Å²) in [5, 5.41) is 3.11. The van der Waals surface area contributed by atoms with Gasteiger partial charge in [-0.3, -0.25) is 0 Å². The number of hydrogen-bond acceptors (Lipinski definition) is 4. The van der Waals surface area contributed by atoms with Crippen LogP contribution in [0.15, 0.2) is 30.3 Å². The number of rotatable bonds is 4. The first-order chi connectivity index (χ1) is 8.67. The van der Waals surface area contributed by atoms with Crippen LogP contribution in [0, 0.1) is 5.82 Å². The zero-order valence-electron chi connectivity index (χ0n) is 10.2. The minimum absolute atomic E-state index is 0.245. The Balaban J connectivity index is 2.08. The van der Waals surface area contributed by atoms with Crippen molar-refractivity contribution in [1.82, 2.24) is 9.97 Å². The van der Waals surface area contributed by atoms with Crippen LogP contribution in [-0.2, 0) is 13.0 Å². The van der Waals surface area contributed by atoms with E-state index in [4.69, 9.17) is 5.73 Å². The lowest BCUT2D eigenvalue weighted by atomic mass is 10.2. The Morgan fingerprint density at radius 2 is 2.11 bits per heavy atom. The standard InChI is InChI=1S/C13H15FN4/c1-2-12-17-11(15)7-13(18-12)16-8-9-4-3-5-10(14)6-9/h3-7H,2,8H2,1H3,(H3,15,16,17,18). The first-order valence-electron chi connectivity index (χ1n) is 5.79. The molecule has 0 amide bonds. The molecule has 0 aliphatic rings. The Morgan fingerprint density at radius 1 is 1.28 bits per heavy atom. The number of nitrogens with zero attached hydrogens (tertiary/aromatic N) is 2. The molecule has 0 radical (unpaired) electrons. The van der Waals surface area contributed by atoms with Gasteiger partial charge in [-0.25, -0.2) is 14.4 Å². The molecule has 0 aliphatic carbocycles. The lowest BCUT2D eigenvalue weighted by Gasteiger charge is -2.07. The van der Waals surface area contributed by atoms with Gasteiger partial charge in [0.2, 0.25) is 0 Å². The second-order valence-electron chi connectivity index (χ2n) is 3.93. The Hall–Kier alpha value is -2.17. The Labute approximate surface area is 105 Å². The second-order valence-corrected chi connectivity index (χ2v) is 3.93. The number of aryl methyl sites for hydroxylation is 1. The van der Waals surface area contributed by atoms with Gasteiger partial charge in [0.1, 0.15) is 23.3 Å². The van der Waals surface area contributed by atoms with Gasteiger partial charge in [0.15, 0.2) is 0 Å². The summed E-state index contributed by atoms with van der Waals surface area (Å²) in [7, 11) is 0. The van der Waals surface area contributed by atoms with E-state index in [0.717, 1.165) is 12.0 Å². The molecule has 0 fully saturated rings. The largest absolute Gasteiger partial charge is 0.384 e. The fourth-order valence-corrected chi connectivity index (χ4v) is 1.61. The van der Waals surface area contributed by atoms with Crippen LogP contribution >= 0.6 is 0 Å². The molecule has 5 heteroatoms. The van der Waals surface area contributed by atoms with Crippen LogP contribution in [0.5, 0.6) is 0 Å². The van der Waals surface area contributed by atoms with E-state index in [2.05, 4.69) is 15.3 Å². The topological polar surface area (TPSA) is 63.8 Å². The zero-order chi connectivity index (χ0) is 13.0. The van der Waals surface area contributed by atoms with Crippen molar-refractivity contribution < 1.29 is 4.39 Å². The molecule has 0 bridgehead atoms. The van der Waals surface area contributed by atoms with E-state index in [0.29, 0.717) is 24.0 Å². The van der Waals surface area contributed by atoms with Gasteiger partial charge in [0.05, 0.1) is 0 Å². The lowest BCUT2D eigenvalue weighted by Crippen LogP contribution is -2.06. The predicted molar refractivity (Wildman–Crippen MR) is 69.5 cm³/mol. The number of anilines is 2. The fourth-order valence-electron chi connectivity index (χ4n) is 1.61. The number of nitrogen functional groups attached to an aromatic ring is 1. The highest BCUT2D eigenvalue weighted by molar-refractivity contribution is 5.45. The SMILES string of the molecule is CCc1nc(N)cc(NCc2cccc(F)c2)n1. The average Bonchev–Trinajstić information content (AvgIpc) is 2.36. The Bertz CT molecular complexity index is 542. The van der Waals surface area contributed by atoms with Crippen molar-refractivity contribution >= 4 is 11.6 Å². The molecule has 0 unspecified atom stereocenters. The first kappa shape index (κ1) is 12.3. The van der Waals surface area contributed by atoms with E-state index in [1.807, 2.05) is 13.0 Å². The molecule has 4 nitrogen and oxygen atoms in total. The first-order valence-corrected chi connectivity index (χ1v) is 5.79. The van der Waals surface area contributed by atoms with Crippen molar-refractivity contribution in [2.75, 3.05) is 11.1 Å². The van der Waals surface area contributed by atoms with E-state index in [9.17, 15) is 4.39 Å². The number of benzene rings is 1.